The zero-order valence-electron chi connectivity index (χ0n) is 12.8. The van der Waals surface area contributed by atoms with Gasteiger partial charge in [0, 0.05) is 13.1 Å². The van der Waals surface area contributed by atoms with E-state index in [1.807, 2.05) is 6.92 Å². The lowest BCUT2D eigenvalue weighted by atomic mass is 9.96. The minimum atomic E-state index is -0.376. The zero-order valence-corrected chi connectivity index (χ0v) is 12.8. The van der Waals surface area contributed by atoms with Crippen molar-refractivity contribution >= 4 is 5.91 Å². The van der Waals surface area contributed by atoms with E-state index in [2.05, 4.69) is 20.8 Å². The maximum absolute atomic E-state index is 12.0. The van der Waals surface area contributed by atoms with E-state index in [9.17, 15) is 9.90 Å². The molecule has 112 valence electrons. The molecule has 0 spiro atoms. The summed E-state index contributed by atoms with van der Waals surface area (Å²) in [5.74, 6) is 1.01. The molecule has 0 saturated carbocycles. The fraction of sp³-hybridized carbons (Fsp3) is 0.933. The fourth-order valence-electron chi connectivity index (χ4n) is 2.51. The van der Waals surface area contributed by atoms with Crippen molar-refractivity contribution in [2.75, 3.05) is 19.7 Å². The monoisotopic (exact) mass is 271 g/mol. The molecular weight excluding hydrogens is 242 g/mol. The summed E-state index contributed by atoms with van der Waals surface area (Å²) in [6.07, 6.45) is 2.16. The van der Waals surface area contributed by atoms with Crippen LogP contribution >= 0.6 is 0 Å². The first kappa shape index (κ1) is 16.4. The third kappa shape index (κ3) is 5.91. The number of hydrogen-bond donors (Lipinski definition) is 1. The largest absolute Gasteiger partial charge is 0.391 e. The van der Waals surface area contributed by atoms with Crippen molar-refractivity contribution in [3.8, 4) is 0 Å². The number of amides is 1. The van der Waals surface area contributed by atoms with Crippen molar-refractivity contribution in [3.05, 3.63) is 0 Å². The summed E-state index contributed by atoms with van der Waals surface area (Å²) < 4.78 is 5.65. The van der Waals surface area contributed by atoms with Gasteiger partial charge in [-0.15, -0.1) is 0 Å². The van der Waals surface area contributed by atoms with E-state index < -0.39 is 0 Å². The summed E-state index contributed by atoms with van der Waals surface area (Å²) in [4.78, 5) is 13.8. The van der Waals surface area contributed by atoms with Gasteiger partial charge in [-0.2, -0.15) is 0 Å². The lowest BCUT2D eigenvalue weighted by Crippen LogP contribution is -2.46. The Bertz CT molecular complexity index is 281. The van der Waals surface area contributed by atoms with Crippen molar-refractivity contribution < 1.29 is 14.6 Å². The second kappa shape index (κ2) is 7.85. The molecule has 19 heavy (non-hydrogen) atoms. The fourth-order valence-corrected chi connectivity index (χ4v) is 2.51. The second-order valence-electron chi connectivity index (χ2n) is 6.23. The average molecular weight is 271 g/mol. The molecule has 1 aliphatic heterocycles. The summed E-state index contributed by atoms with van der Waals surface area (Å²) in [6.45, 7) is 10.1. The summed E-state index contributed by atoms with van der Waals surface area (Å²) in [6, 6.07) is 0. The minimum Gasteiger partial charge on any atom is -0.391 e. The van der Waals surface area contributed by atoms with Gasteiger partial charge in [-0.3, -0.25) is 4.79 Å². The molecule has 0 bridgehead atoms. The van der Waals surface area contributed by atoms with E-state index >= 15 is 0 Å². The van der Waals surface area contributed by atoms with E-state index in [0.717, 1.165) is 19.4 Å². The molecule has 0 aromatic carbocycles. The Morgan fingerprint density at radius 3 is 2.68 bits per heavy atom. The summed E-state index contributed by atoms with van der Waals surface area (Å²) in [5, 5.41) is 9.78. The van der Waals surface area contributed by atoms with E-state index in [1.165, 1.54) is 0 Å². The second-order valence-corrected chi connectivity index (χ2v) is 6.23. The standard InChI is InChI=1S/C15H29NO3/c1-11(2)9-13(4)19-8-6-15(18)16-7-5-12(3)14(17)10-16/h11-14,17H,5-10H2,1-4H3. The van der Waals surface area contributed by atoms with Gasteiger partial charge in [0.1, 0.15) is 0 Å². The number of β-amino-alcohol motifs (C(OH)–C–C–N with tert-alkyl or cyclic N) is 1. The van der Waals surface area contributed by atoms with Gasteiger partial charge in [0.15, 0.2) is 0 Å². The van der Waals surface area contributed by atoms with Gasteiger partial charge in [-0.1, -0.05) is 20.8 Å². The van der Waals surface area contributed by atoms with E-state index in [1.54, 1.807) is 4.90 Å². The number of rotatable bonds is 6. The Labute approximate surface area is 117 Å². The number of likely N-dealkylation sites (tertiary alicyclic amines) is 1. The van der Waals surface area contributed by atoms with Crippen LogP contribution in [0, 0.1) is 11.8 Å². The molecule has 0 aromatic rings. The molecule has 3 atom stereocenters. The summed E-state index contributed by atoms with van der Waals surface area (Å²) in [5.41, 5.74) is 0. The lowest BCUT2D eigenvalue weighted by Gasteiger charge is -2.34. The Balaban J connectivity index is 2.21. The predicted octanol–water partition coefficient (Wildman–Crippen LogP) is 2.06. The van der Waals surface area contributed by atoms with Gasteiger partial charge in [0.2, 0.25) is 5.91 Å². The van der Waals surface area contributed by atoms with Crippen LogP contribution in [0.5, 0.6) is 0 Å². The van der Waals surface area contributed by atoms with E-state index in [0.29, 0.717) is 31.4 Å². The molecule has 1 aliphatic rings. The van der Waals surface area contributed by atoms with Crippen LogP contribution in [0.3, 0.4) is 0 Å². The highest BCUT2D eigenvalue weighted by Gasteiger charge is 2.26. The molecule has 1 amide bonds. The SMILES string of the molecule is CC(C)CC(C)OCCC(=O)N1CCC(C)C(O)C1. The minimum absolute atomic E-state index is 0.0997. The molecule has 0 aromatic heterocycles. The number of carbonyl (C=O) groups is 1. The van der Waals surface area contributed by atoms with Crippen molar-refractivity contribution in [2.45, 2.75) is 59.2 Å². The number of ether oxygens (including phenoxy) is 1. The van der Waals surface area contributed by atoms with Crippen LogP contribution in [0.2, 0.25) is 0 Å². The van der Waals surface area contributed by atoms with Gasteiger partial charge in [0.05, 0.1) is 25.2 Å². The van der Waals surface area contributed by atoms with Crippen LogP contribution in [0.15, 0.2) is 0 Å². The topological polar surface area (TPSA) is 49.8 Å². The van der Waals surface area contributed by atoms with Gasteiger partial charge >= 0.3 is 0 Å². The third-order valence-corrected chi connectivity index (χ3v) is 3.79. The molecule has 1 heterocycles. The van der Waals surface area contributed by atoms with Crippen LogP contribution in [-0.2, 0) is 9.53 Å². The molecule has 1 rings (SSSR count). The van der Waals surface area contributed by atoms with E-state index in [-0.39, 0.29) is 18.1 Å². The number of aliphatic hydroxyl groups is 1. The maximum Gasteiger partial charge on any atom is 0.224 e. The Hall–Kier alpha value is -0.610. The summed E-state index contributed by atoms with van der Waals surface area (Å²) >= 11 is 0. The zero-order chi connectivity index (χ0) is 14.4. The number of piperidine rings is 1. The number of aliphatic hydroxyl groups excluding tert-OH is 1. The van der Waals surface area contributed by atoms with Crippen LogP contribution in [0.4, 0.5) is 0 Å². The maximum atomic E-state index is 12.0. The van der Waals surface area contributed by atoms with Gasteiger partial charge in [-0.05, 0) is 31.6 Å². The summed E-state index contributed by atoms with van der Waals surface area (Å²) in [7, 11) is 0. The van der Waals surface area contributed by atoms with Crippen LogP contribution < -0.4 is 0 Å². The van der Waals surface area contributed by atoms with Gasteiger partial charge in [-0.25, -0.2) is 0 Å². The van der Waals surface area contributed by atoms with Crippen molar-refractivity contribution in [1.29, 1.82) is 0 Å². The highest BCUT2D eigenvalue weighted by atomic mass is 16.5. The van der Waals surface area contributed by atoms with Crippen molar-refractivity contribution in [1.82, 2.24) is 4.90 Å². The van der Waals surface area contributed by atoms with Crippen LogP contribution in [0.25, 0.3) is 0 Å². The number of carbonyl (C=O) groups excluding carboxylic acids is 1. The molecule has 0 aliphatic carbocycles. The lowest BCUT2D eigenvalue weighted by molar-refractivity contribution is -0.137. The number of nitrogens with zero attached hydrogens (tertiary/aromatic N) is 1. The molecule has 4 heteroatoms. The van der Waals surface area contributed by atoms with E-state index in [4.69, 9.17) is 4.74 Å². The molecular formula is C15H29NO3. The highest BCUT2D eigenvalue weighted by Crippen LogP contribution is 2.17. The third-order valence-electron chi connectivity index (χ3n) is 3.79. The van der Waals surface area contributed by atoms with Crippen LogP contribution in [0.1, 0.15) is 47.0 Å². The number of hydrogen-bond acceptors (Lipinski definition) is 3. The molecule has 1 fully saturated rings. The van der Waals surface area contributed by atoms with Gasteiger partial charge < -0.3 is 14.7 Å². The van der Waals surface area contributed by atoms with Crippen molar-refractivity contribution in [3.63, 3.8) is 0 Å². The molecule has 0 radical (unpaired) electrons. The Morgan fingerprint density at radius 1 is 1.42 bits per heavy atom. The van der Waals surface area contributed by atoms with Gasteiger partial charge in [0.25, 0.3) is 0 Å². The molecule has 3 unspecified atom stereocenters. The van der Waals surface area contributed by atoms with Crippen molar-refractivity contribution in [2.24, 2.45) is 11.8 Å². The normalized spacial score (nSPS) is 25.7. The quantitative estimate of drug-likeness (QED) is 0.804. The smallest absolute Gasteiger partial charge is 0.224 e. The average Bonchev–Trinajstić information content (AvgIpc) is 2.31. The first-order valence-corrected chi connectivity index (χ1v) is 7.47. The molecule has 1 N–H and O–H groups in total. The predicted molar refractivity (Wildman–Crippen MR) is 75.9 cm³/mol. The van der Waals surface area contributed by atoms with Crippen LogP contribution in [-0.4, -0.2) is 47.8 Å². The Morgan fingerprint density at radius 2 is 2.11 bits per heavy atom. The Kier molecular flexibility index (Phi) is 6.80. The highest BCUT2D eigenvalue weighted by molar-refractivity contribution is 5.76. The first-order valence-electron chi connectivity index (χ1n) is 7.47. The molecule has 1 saturated heterocycles. The molecule has 4 nitrogen and oxygen atoms in total. The first-order chi connectivity index (χ1) is 8.90.